The molecule has 0 aliphatic rings. The highest BCUT2D eigenvalue weighted by Crippen LogP contribution is 2.39. The van der Waals surface area contributed by atoms with Gasteiger partial charge in [0.05, 0.1) is 6.10 Å². The van der Waals surface area contributed by atoms with E-state index in [9.17, 15) is 14.4 Å². The number of benzene rings is 1. The third-order valence-electron chi connectivity index (χ3n) is 5.72. The second-order valence-corrected chi connectivity index (χ2v) is 9.84. The van der Waals surface area contributed by atoms with Gasteiger partial charge in [-0.2, -0.15) is 0 Å². The van der Waals surface area contributed by atoms with Crippen molar-refractivity contribution in [3.05, 3.63) is 35.9 Å². The van der Waals surface area contributed by atoms with Crippen molar-refractivity contribution in [2.75, 3.05) is 0 Å². The lowest BCUT2D eigenvalue weighted by Crippen LogP contribution is -2.15. The van der Waals surface area contributed by atoms with Crippen LogP contribution >= 0.6 is 7.82 Å². The highest BCUT2D eigenvalue weighted by Gasteiger charge is 2.22. The van der Waals surface area contributed by atoms with E-state index in [1.165, 1.54) is 83.5 Å². The number of unbranched alkanes of at least 4 members (excludes halogenated alkanes) is 14. The van der Waals surface area contributed by atoms with Crippen LogP contribution in [0.4, 0.5) is 0 Å². The molecule has 0 heterocycles. The summed E-state index contributed by atoms with van der Waals surface area (Å²) in [5.74, 6) is 0. The highest BCUT2D eigenvalue weighted by atomic mass is 31.2. The average molecular weight is 441 g/mol. The Kier molecular flexibility index (Phi) is 16.4. The summed E-state index contributed by atoms with van der Waals surface area (Å²) in [6, 6.07) is 9.77. The number of hydrogen-bond donors (Lipinski definition) is 2. The predicted molar refractivity (Wildman–Crippen MR) is 127 cm³/mol. The summed E-state index contributed by atoms with van der Waals surface area (Å²) in [5.41, 5.74) is 1.05. The Labute approximate surface area is 185 Å². The number of rotatable bonds is 20. The summed E-state index contributed by atoms with van der Waals surface area (Å²) in [7, 11) is -4.45. The molecule has 0 spiro atoms. The van der Waals surface area contributed by atoms with E-state index in [4.69, 9.17) is 4.52 Å². The largest absolute Gasteiger partial charge is 0.469 e. The lowest BCUT2D eigenvalue weighted by molar-refractivity contribution is 0.124. The maximum atomic E-state index is 11.3. The summed E-state index contributed by atoms with van der Waals surface area (Å²) in [5, 5.41) is 0. The van der Waals surface area contributed by atoms with Crippen molar-refractivity contribution >= 4 is 7.82 Å². The summed E-state index contributed by atoms with van der Waals surface area (Å²) >= 11 is 0. The standard InChI is InChI=1S/C25H45O4P/c1-2-3-4-5-6-7-8-9-10-11-12-13-14-15-19-22-25(29-30(26,27)28)23-24-20-17-16-18-21-24/h16-18,20-21,25H,2-15,19,22-23H2,1H3,(H2,26,27,28). The van der Waals surface area contributed by atoms with Crippen molar-refractivity contribution in [3.8, 4) is 0 Å². The molecule has 0 saturated heterocycles. The average Bonchev–Trinajstić information content (AvgIpc) is 2.70. The van der Waals surface area contributed by atoms with Crippen LogP contribution in [0.15, 0.2) is 30.3 Å². The Morgan fingerprint density at radius 2 is 1.17 bits per heavy atom. The lowest BCUT2D eigenvalue weighted by atomic mass is 10.0. The van der Waals surface area contributed by atoms with Gasteiger partial charge in [0.25, 0.3) is 0 Å². The van der Waals surface area contributed by atoms with Crippen LogP contribution in [0, 0.1) is 0 Å². The molecule has 0 fully saturated rings. The molecule has 0 saturated carbocycles. The number of hydrogen-bond acceptors (Lipinski definition) is 2. The zero-order valence-corrected chi connectivity index (χ0v) is 20.0. The second kappa shape index (κ2) is 18.0. The van der Waals surface area contributed by atoms with Gasteiger partial charge in [-0.25, -0.2) is 4.57 Å². The summed E-state index contributed by atoms with van der Waals surface area (Å²) in [6.45, 7) is 2.27. The van der Waals surface area contributed by atoms with Crippen LogP contribution in [0.25, 0.3) is 0 Å². The van der Waals surface area contributed by atoms with E-state index in [0.717, 1.165) is 18.4 Å². The molecule has 1 atom stereocenters. The molecule has 174 valence electrons. The van der Waals surface area contributed by atoms with E-state index < -0.39 is 13.9 Å². The van der Waals surface area contributed by atoms with Gasteiger partial charge in [0.1, 0.15) is 0 Å². The third-order valence-corrected chi connectivity index (χ3v) is 6.30. The minimum atomic E-state index is -4.45. The molecule has 0 aliphatic heterocycles. The molecule has 0 bridgehead atoms. The Bertz CT molecular complexity index is 543. The summed E-state index contributed by atoms with van der Waals surface area (Å²) < 4.78 is 16.3. The van der Waals surface area contributed by atoms with Crippen molar-refractivity contribution < 1.29 is 18.9 Å². The first kappa shape index (κ1) is 27.4. The van der Waals surface area contributed by atoms with Crippen LogP contribution in [0.2, 0.25) is 0 Å². The first-order valence-corrected chi connectivity index (χ1v) is 13.8. The van der Waals surface area contributed by atoms with Gasteiger partial charge in [-0.1, -0.05) is 134 Å². The molecular weight excluding hydrogens is 395 g/mol. The molecule has 0 radical (unpaired) electrons. The number of phosphoric ester groups is 1. The van der Waals surface area contributed by atoms with Crippen LogP contribution in [0.5, 0.6) is 0 Å². The maximum Gasteiger partial charge on any atom is 0.469 e. The van der Waals surface area contributed by atoms with E-state index in [-0.39, 0.29) is 0 Å². The fraction of sp³-hybridized carbons (Fsp3) is 0.760. The molecule has 0 aromatic heterocycles. The quantitative estimate of drug-likeness (QED) is 0.159. The minimum Gasteiger partial charge on any atom is -0.303 e. The van der Waals surface area contributed by atoms with Crippen LogP contribution in [0.1, 0.15) is 115 Å². The molecule has 0 aliphatic carbocycles. The Morgan fingerprint density at radius 3 is 1.60 bits per heavy atom. The fourth-order valence-corrected chi connectivity index (χ4v) is 4.57. The minimum absolute atomic E-state index is 0.421. The van der Waals surface area contributed by atoms with Gasteiger partial charge < -0.3 is 9.79 Å². The van der Waals surface area contributed by atoms with E-state index >= 15 is 0 Å². The van der Waals surface area contributed by atoms with Crippen LogP contribution < -0.4 is 0 Å². The van der Waals surface area contributed by atoms with E-state index in [0.29, 0.717) is 12.8 Å². The monoisotopic (exact) mass is 440 g/mol. The summed E-state index contributed by atoms with van der Waals surface area (Å²) in [6.07, 6.45) is 20.5. The predicted octanol–water partition coefficient (Wildman–Crippen LogP) is 7.97. The smallest absolute Gasteiger partial charge is 0.303 e. The topological polar surface area (TPSA) is 66.8 Å². The van der Waals surface area contributed by atoms with Gasteiger partial charge >= 0.3 is 7.82 Å². The molecule has 1 rings (SSSR count). The van der Waals surface area contributed by atoms with Crippen molar-refractivity contribution in [2.24, 2.45) is 0 Å². The van der Waals surface area contributed by atoms with Crippen LogP contribution in [0.3, 0.4) is 0 Å². The molecular formula is C25H45O4P. The van der Waals surface area contributed by atoms with Crippen molar-refractivity contribution in [1.29, 1.82) is 0 Å². The Morgan fingerprint density at radius 1 is 0.733 bits per heavy atom. The van der Waals surface area contributed by atoms with E-state index in [1.54, 1.807) is 0 Å². The molecule has 0 amide bonds. The second-order valence-electron chi connectivity index (χ2n) is 8.65. The van der Waals surface area contributed by atoms with Crippen molar-refractivity contribution in [3.63, 3.8) is 0 Å². The first-order valence-electron chi connectivity index (χ1n) is 12.3. The fourth-order valence-electron chi connectivity index (χ4n) is 4.01. The SMILES string of the molecule is CCCCCCCCCCCCCCCCCC(Cc1ccccc1)OP(=O)(O)O. The number of phosphoric acid groups is 1. The van der Waals surface area contributed by atoms with E-state index in [2.05, 4.69) is 6.92 Å². The summed E-state index contributed by atoms with van der Waals surface area (Å²) in [4.78, 5) is 18.4. The molecule has 1 aromatic rings. The Hall–Kier alpha value is -0.670. The lowest BCUT2D eigenvalue weighted by Gasteiger charge is -2.18. The van der Waals surface area contributed by atoms with Crippen LogP contribution in [-0.4, -0.2) is 15.9 Å². The molecule has 30 heavy (non-hydrogen) atoms. The normalized spacial score (nSPS) is 12.9. The zero-order valence-electron chi connectivity index (χ0n) is 19.1. The van der Waals surface area contributed by atoms with Crippen LogP contribution in [-0.2, 0) is 15.5 Å². The molecule has 2 N–H and O–H groups in total. The first-order chi connectivity index (χ1) is 14.5. The van der Waals surface area contributed by atoms with Gasteiger partial charge in [0.15, 0.2) is 0 Å². The van der Waals surface area contributed by atoms with E-state index in [1.807, 2.05) is 30.3 Å². The van der Waals surface area contributed by atoms with Gasteiger partial charge in [0, 0.05) is 0 Å². The van der Waals surface area contributed by atoms with Gasteiger partial charge in [-0.15, -0.1) is 0 Å². The van der Waals surface area contributed by atoms with Gasteiger partial charge in [-0.3, -0.25) is 4.52 Å². The van der Waals surface area contributed by atoms with Gasteiger partial charge in [-0.05, 0) is 18.4 Å². The van der Waals surface area contributed by atoms with Crippen molar-refractivity contribution in [2.45, 2.75) is 122 Å². The third kappa shape index (κ3) is 17.1. The zero-order chi connectivity index (χ0) is 21.9. The molecule has 1 unspecified atom stereocenters. The molecule has 1 aromatic carbocycles. The highest BCUT2D eigenvalue weighted by molar-refractivity contribution is 7.46. The molecule has 4 nitrogen and oxygen atoms in total. The molecule has 5 heteroatoms. The Balaban J connectivity index is 2.00. The van der Waals surface area contributed by atoms with Crippen molar-refractivity contribution in [1.82, 2.24) is 0 Å². The van der Waals surface area contributed by atoms with Gasteiger partial charge in [0.2, 0.25) is 0 Å². The maximum absolute atomic E-state index is 11.3.